The minimum atomic E-state index is -0.792. The van der Waals surface area contributed by atoms with E-state index < -0.39 is 11.6 Å². The third-order valence-electron chi connectivity index (χ3n) is 2.18. The van der Waals surface area contributed by atoms with Crippen LogP contribution in [0.5, 0.6) is 5.75 Å². The summed E-state index contributed by atoms with van der Waals surface area (Å²) >= 11 is 3.03. The summed E-state index contributed by atoms with van der Waals surface area (Å²) in [5.74, 6) is 3.99. The van der Waals surface area contributed by atoms with Crippen molar-refractivity contribution >= 4 is 21.7 Å². The predicted octanol–water partition coefficient (Wildman–Crippen LogP) is 2.38. The van der Waals surface area contributed by atoms with E-state index >= 15 is 0 Å². The first-order valence-electron chi connectivity index (χ1n) is 5.15. The highest BCUT2D eigenvalue weighted by atomic mass is 79.9. The molecule has 0 atom stereocenters. The molecule has 3 N–H and O–H groups in total. The van der Waals surface area contributed by atoms with Gasteiger partial charge >= 0.3 is 0 Å². The van der Waals surface area contributed by atoms with Crippen molar-refractivity contribution in [1.29, 1.82) is 0 Å². The number of anilines is 1. The molecular formula is C11H9BrF2N4O. The number of nitrogens with two attached hydrogens (primary N) is 1. The van der Waals surface area contributed by atoms with Crippen LogP contribution in [0.3, 0.4) is 0 Å². The number of nitrogen functional groups attached to an aromatic ring is 1. The van der Waals surface area contributed by atoms with Crippen molar-refractivity contribution in [1.82, 2.24) is 9.97 Å². The predicted molar refractivity (Wildman–Crippen MR) is 68.2 cm³/mol. The molecule has 8 heteroatoms. The van der Waals surface area contributed by atoms with Gasteiger partial charge < -0.3 is 10.2 Å². The first-order valence-corrected chi connectivity index (χ1v) is 5.94. The Morgan fingerprint density at radius 1 is 1.26 bits per heavy atom. The first kappa shape index (κ1) is 13.6. The van der Waals surface area contributed by atoms with Crippen LogP contribution >= 0.6 is 15.9 Å². The lowest BCUT2D eigenvalue weighted by molar-refractivity contribution is 0.282. The van der Waals surface area contributed by atoms with Gasteiger partial charge in [-0.1, -0.05) is 0 Å². The Morgan fingerprint density at radius 3 is 2.63 bits per heavy atom. The lowest BCUT2D eigenvalue weighted by atomic mass is 10.3. The molecule has 100 valence electrons. The molecule has 19 heavy (non-hydrogen) atoms. The number of nitrogens with zero attached hydrogens (tertiary/aromatic N) is 2. The second-order valence-corrected chi connectivity index (χ2v) is 4.38. The van der Waals surface area contributed by atoms with Gasteiger partial charge in [0.2, 0.25) is 0 Å². The molecule has 0 saturated heterocycles. The largest absolute Gasteiger partial charge is 0.483 e. The lowest BCUT2D eigenvalue weighted by Gasteiger charge is -2.09. The highest BCUT2D eigenvalue weighted by Gasteiger charge is 2.11. The zero-order valence-corrected chi connectivity index (χ0v) is 11.1. The van der Waals surface area contributed by atoms with E-state index in [9.17, 15) is 8.78 Å². The summed E-state index contributed by atoms with van der Waals surface area (Å²) in [6, 6.07) is 1.86. The summed E-state index contributed by atoms with van der Waals surface area (Å²) in [6.45, 7) is -0.000988. The van der Waals surface area contributed by atoms with Gasteiger partial charge in [-0.25, -0.2) is 19.6 Å². The number of rotatable bonds is 4. The topological polar surface area (TPSA) is 73.1 Å². The second kappa shape index (κ2) is 5.89. The van der Waals surface area contributed by atoms with Crippen molar-refractivity contribution in [3.63, 3.8) is 0 Å². The van der Waals surface area contributed by atoms with Gasteiger partial charge in [-0.3, -0.25) is 4.98 Å². The fourth-order valence-electron chi connectivity index (χ4n) is 1.32. The third kappa shape index (κ3) is 3.36. The monoisotopic (exact) mass is 330 g/mol. The van der Waals surface area contributed by atoms with E-state index in [1.807, 2.05) is 0 Å². The van der Waals surface area contributed by atoms with E-state index in [0.717, 1.165) is 12.1 Å². The molecule has 0 saturated carbocycles. The van der Waals surface area contributed by atoms with E-state index in [-0.39, 0.29) is 16.8 Å². The molecule has 0 aliphatic rings. The van der Waals surface area contributed by atoms with Gasteiger partial charge in [-0.05, 0) is 22.0 Å². The van der Waals surface area contributed by atoms with Gasteiger partial charge in [0.05, 0.1) is 22.6 Å². The molecule has 1 aromatic heterocycles. The molecule has 0 amide bonds. The summed E-state index contributed by atoms with van der Waals surface area (Å²) in [5.41, 5.74) is 2.81. The minimum absolute atomic E-state index is 0.000988. The Kier molecular flexibility index (Phi) is 4.23. The zero-order valence-electron chi connectivity index (χ0n) is 9.53. The fraction of sp³-hybridized carbons (Fsp3) is 0.0909. The molecule has 1 aromatic carbocycles. The van der Waals surface area contributed by atoms with E-state index in [4.69, 9.17) is 10.6 Å². The number of halogens is 3. The van der Waals surface area contributed by atoms with Gasteiger partial charge in [-0.15, -0.1) is 0 Å². The highest BCUT2D eigenvalue weighted by molar-refractivity contribution is 9.10. The Morgan fingerprint density at radius 2 is 2.05 bits per heavy atom. The quantitative estimate of drug-likeness (QED) is 0.665. The zero-order chi connectivity index (χ0) is 13.8. The summed E-state index contributed by atoms with van der Waals surface area (Å²) < 4.78 is 31.8. The Bertz CT molecular complexity index is 556. The number of nitrogens with one attached hydrogen (secondary N) is 1. The molecule has 1 heterocycles. The average molecular weight is 331 g/mol. The van der Waals surface area contributed by atoms with Crippen LogP contribution in [0.2, 0.25) is 0 Å². The number of hydrogen-bond donors (Lipinski definition) is 2. The Hall–Kier alpha value is -1.80. The maximum absolute atomic E-state index is 13.5. The van der Waals surface area contributed by atoms with Crippen molar-refractivity contribution in [3.05, 3.63) is 46.3 Å². The summed E-state index contributed by atoms with van der Waals surface area (Å²) in [6.07, 6.45) is 2.85. The van der Waals surface area contributed by atoms with E-state index in [2.05, 4.69) is 31.3 Å². The summed E-state index contributed by atoms with van der Waals surface area (Å²) in [5, 5.41) is 0. The molecule has 5 nitrogen and oxygen atoms in total. The van der Waals surface area contributed by atoms with Crippen molar-refractivity contribution in [3.8, 4) is 5.75 Å². The molecule has 0 fully saturated rings. The van der Waals surface area contributed by atoms with E-state index in [1.54, 1.807) is 0 Å². The van der Waals surface area contributed by atoms with E-state index in [0.29, 0.717) is 11.5 Å². The number of aromatic nitrogens is 2. The molecular weight excluding hydrogens is 322 g/mol. The van der Waals surface area contributed by atoms with Crippen LogP contribution in [-0.4, -0.2) is 9.97 Å². The van der Waals surface area contributed by atoms with Gasteiger partial charge in [0.15, 0.2) is 17.4 Å². The van der Waals surface area contributed by atoms with Crippen LogP contribution in [0.1, 0.15) is 5.69 Å². The van der Waals surface area contributed by atoms with Crippen LogP contribution in [-0.2, 0) is 6.61 Å². The minimum Gasteiger partial charge on any atom is -0.483 e. The van der Waals surface area contributed by atoms with Crippen molar-refractivity contribution in [2.45, 2.75) is 6.61 Å². The highest BCUT2D eigenvalue weighted by Crippen LogP contribution is 2.29. The average Bonchev–Trinajstić information content (AvgIpc) is 2.38. The summed E-state index contributed by atoms with van der Waals surface area (Å²) in [4.78, 5) is 7.92. The van der Waals surface area contributed by atoms with Crippen LogP contribution in [0.25, 0.3) is 0 Å². The molecule has 0 unspecified atom stereocenters. The van der Waals surface area contributed by atoms with Crippen LogP contribution < -0.4 is 16.0 Å². The number of hydrazine groups is 1. The molecule has 0 aliphatic carbocycles. The number of ether oxygens (including phenoxy) is 1. The van der Waals surface area contributed by atoms with Crippen LogP contribution in [0.15, 0.2) is 29.0 Å². The van der Waals surface area contributed by atoms with Gasteiger partial charge in [0.1, 0.15) is 12.4 Å². The van der Waals surface area contributed by atoms with Gasteiger partial charge in [-0.2, -0.15) is 0 Å². The van der Waals surface area contributed by atoms with E-state index in [1.165, 1.54) is 12.4 Å². The molecule has 2 rings (SSSR count). The first-order chi connectivity index (χ1) is 9.10. The second-order valence-electron chi connectivity index (χ2n) is 3.52. The fourth-order valence-corrected chi connectivity index (χ4v) is 1.84. The maximum atomic E-state index is 13.5. The molecule has 0 bridgehead atoms. The maximum Gasteiger partial charge on any atom is 0.169 e. The standard InChI is InChI=1S/C11H9BrF2N4O/c12-8-1-6(13)2-9(14)11(8)19-5-7-3-17-10(18-15)4-16-7/h1-4H,5,15H2,(H,17,18). The number of benzene rings is 1. The van der Waals surface area contributed by atoms with Crippen molar-refractivity contribution < 1.29 is 13.5 Å². The summed E-state index contributed by atoms with van der Waals surface area (Å²) in [7, 11) is 0. The van der Waals surface area contributed by atoms with Gasteiger partial charge in [0, 0.05) is 6.07 Å². The molecule has 0 radical (unpaired) electrons. The lowest BCUT2D eigenvalue weighted by Crippen LogP contribution is -2.09. The van der Waals surface area contributed by atoms with Crippen LogP contribution in [0, 0.1) is 11.6 Å². The van der Waals surface area contributed by atoms with Crippen molar-refractivity contribution in [2.24, 2.45) is 5.84 Å². The van der Waals surface area contributed by atoms with Crippen molar-refractivity contribution in [2.75, 3.05) is 5.43 Å². The molecule has 2 aromatic rings. The SMILES string of the molecule is NNc1cnc(COc2c(F)cc(F)cc2Br)cn1. The van der Waals surface area contributed by atoms with Gasteiger partial charge in [0.25, 0.3) is 0 Å². The normalized spacial score (nSPS) is 10.3. The molecule has 0 aliphatic heterocycles. The number of hydrogen-bond acceptors (Lipinski definition) is 5. The Balaban J connectivity index is 2.10. The van der Waals surface area contributed by atoms with Crippen LogP contribution in [0.4, 0.5) is 14.6 Å². The smallest absolute Gasteiger partial charge is 0.169 e. The molecule has 0 spiro atoms. The Labute approximate surface area is 115 Å². The third-order valence-corrected chi connectivity index (χ3v) is 2.77.